The van der Waals surface area contributed by atoms with Crippen LogP contribution in [-0.2, 0) is 14.9 Å². The highest BCUT2D eigenvalue weighted by atomic mass is 35.5. The monoisotopic (exact) mass is 372 g/mol. The van der Waals surface area contributed by atoms with Crippen molar-refractivity contribution in [2.45, 2.75) is 37.6 Å². The number of rotatable bonds is 3. The zero-order chi connectivity index (χ0) is 16.4. The summed E-state index contributed by atoms with van der Waals surface area (Å²) in [7, 11) is 0. The quantitative estimate of drug-likeness (QED) is 0.886. The van der Waals surface area contributed by atoms with E-state index in [1.54, 1.807) is 0 Å². The Balaban J connectivity index is 0.00000208. The van der Waals surface area contributed by atoms with E-state index in [1.165, 1.54) is 0 Å². The maximum atomic E-state index is 13.5. The first kappa shape index (κ1) is 19.5. The van der Waals surface area contributed by atoms with Gasteiger partial charge < -0.3 is 15.4 Å². The van der Waals surface area contributed by atoms with Gasteiger partial charge in [0.2, 0.25) is 5.91 Å². The second-order valence-electron chi connectivity index (χ2n) is 6.85. The number of carbonyl (C=O) groups excluding carboxylic acids is 1. The van der Waals surface area contributed by atoms with E-state index in [0.29, 0.717) is 43.5 Å². The molecule has 1 aromatic rings. The van der Waals surface area contributed by atoms with Gasteiger partial charge in [-0.25, -0.2) is 0 Å². The molecule has 1 aromatic carbocycles. The largest absolute Gasteiger partial charge is 0.381 e. The Morgan fingerprint density at radius 3 is 2.71 bits per heavy atom. The van der Waals surface area contributed by atoms with Crippen LogP contribution < -0.4 is 5.73 Å². The summed E-state index contributed by atoms with van der Waals surface area (Å²) < 4.78 is 5.53. The number of hydrogen-bond acceptors (Lipinski definition) is 3. The molecule has 24 heavy (non-hydrogen) atoms. The lowest BCUT2D eigenvalue weighted by molar-refractivity contribution is -0.142. The molecule has 0 saturated carbocycles. The van der Waals surface area contributed by atoms with Gasteiger partial charge in [-0.1, -0.05) is 23.7 Å². The minimum Gasteiger partial charge on any atom is -0.381 e. The van der Waals surface area contributed by atoms with Crippen LogP contribution in [0.25, 0.3) is 0 Å². The minimum atomic E-state index is -0.513. The first-order valence-electron chi connectivity index (χ1n) is 8.42. The van der Waals surface area contributed by atoms with Crippen molar-refractivity contribution in [1.29, 1.82) is 0 Å². The van der Waals surface area contributed by atoms with E-state index in [-0.39, 0.29) is 24.4 Å². The van der Waals surface area contributed by atoms with Crippen molar-refractivity contribution in [3.63, 3.8) is 0 Å². The highest BCUT2D eigenvalue weighted by molar-refractivity contribution is 6.30. The molecular formula is C18H26Cl2N2O2. The number of amides is 1. The molecule has 0 aromatic heterocycles. The van der Waals surface area contributed by atoms with Crippen LogP contribution in [-0.4, -0.2) is 43.2 Å². The SMILES string of the molecule is CC1CC(CN)CN1C(=O)C1(c2cccc(Cl)c2)CCOCC1.Cl. The van der Waals surface area contributed by atoms with Crippen molar-refractivity contribution >= 4 is 29.9 Å². The van der Waals surface area contributed by atoms with Gasteiger partial charge in [0, 0.05) is 30.8 Å². The van der Waals surface area contributed by atoms with Gasteiger partial charge in [0.15, 0.2) is 0 Å². The van der Waals surface area contributed by atoms with E-state index >= 15 is 0 Å². The summed E-state index contributed by atoms with van der Waals surface area (Å²) >= 11 is 6.19. The molecule has 2 fully saturated rings. The molecule has 0 spiro atoms. The van der Waals surface area contributed by atoms with E-state index in [4.69, 9.17) is 22.1 Å². The summed E-state index contributed by atoms with van der Waals surface area (Å²) in [6.07, 6.45) is 2.41. The Morgan fingerprint density at radius 2 is 2.12 bits per heavy atom. The number of ether oxygens (including phenoxy) is 1. The van der Waals surface area contributed by atoms with Gasteiger partial charge in [0.05, 0.1) is 5.41 Å². The van der Waals surface area contributed by atoms with E-state index in [2.05, 4.69) is 6.92 Å². The fourth-order valence-corrected chi connectivity index (χ4v) is 4.19. The average Bonchev–Trinajstić information content (AvgIpc) is 2.95. The van der Waals surface area contributed by atoms with E-state index < -0.39 is 5.41 Å². The normalized spacial score (nSPS) is 26.0. The molecule has 2 heterocycles. The molecule has 134 valence electrons. The number of benzene rings is 1. The predicted molar refractivity (Wildman–Crippen MR) is 98.8 cm³/mol. The highest BCUT2D eigenvalue weighted by Crippen LogP contribution is 2.39. The topological polar surface area (TPSA) is 55.6 Å². The van der Waals surface area contributed by atoms with Crippen LogP contribution in [0, 0.1) is 5.92 Å². The number of likely N-dealkylation sites (tertiary alicyclic amines) is 1. The number of nitrogens with two attached hydrogens (primary N) is 1. The van der Waals surface area contributed by atoms with Gasteiger partial charge >= 0.3 is 0 Å². The first-order chi connectivity index (χ1) is 11.1. The lowest BCUT2D eigenvalue weighted by Gasteiger charge is -2.40. The zero-order valence-corrected chi connectivity index (χ0v) is 15.6. The van der Waals surface area contributed by atoms with Gasteiger partial charge in [-0.05, 0) is 56.3 Å². The maximum Gasteiger partial charge on any atom is 0.233 e. The fourth-order valence-electron chi connectivity index (χ4n) is 4.00. The van der Waals surface area contributed by atoms with Crippen LogP contribution in [0.15, 0.2) is 24.3 Å². The minimum absolute atomic E-state index is 0. The summed E-state index contributed by atoms with van der Waals surface area (Å²) in [4.78, 5) is 15.5. The second-order valence-corrected chi connectivity index (χ2v) is 7.29. The molecular weight excluding hydrogens is 347 g/mol. The fraction of sp³-hybridized carbons (Fsp3) is 0.611. The van der Waals surface area contributed by atoms with Crippen molar-refractivity contribution in [3.05, 3.63) is 34.9 Å². The number of carbonyl (C=O) groups is 1. The Labute approximate surface area is 155 Å². The van der Waals surface area contributed by atoms with Gasteiger partial charge in [-0.2, -0.15) is 0 Å². The van der Waals surface area contributed by atoms with Crippen LogP contribution in [0.1, 0.15) is 31.7 Å². The van der Waals surface area contributed by atoms with Crippen LogP contribution >= 0.6 is 24.0 Å². The molecule has 3 rings (SSSR count). The second kappa shape index (κ2) is 8.05. The van der Waals surface area contributed by atoms with Crippen LogP contribution in [0.2, 0.25) is 5.02 Å². The molecule has 0 radical (unpaired) electrons. The zero-order valence-electron chi connectivity index (χ0n) is 14.0. The molecule has 2 aliphatic heterocycles. The van der Waals surface area contributed by atoms with Gasteiger partial charge in [0.25, 0.3) is 0 Å². The first-order valence-corrected chi connectivity index (χ1v) is 8.79. The van der Waals surface area contributed by atoms with Gasteiger partial charge in [-0.3, -0.25) is 4.79 Å². The molecule has 2 saturated heterocycles. The van der Waals surface area contributed by atoms with Crippen LogP contribution in [0.4, 0.5) is 0 Å². The third-order valence-electron chi connectivity index (χ3n) is 5.39. The molecule has 2 unspecified atom stereocenters. The van der Waals surface area contributed by atoms with E-state index in [9.17, 15) is 4.79 Å². The molecule has 2 atom stereocenters. The molecule has 4 nitrogen and oxygen atoms in total. The summed E-state index contributed by atoms with van der Waals surface area (Å²) in [6, 6.07) is 7.99. The molecule has 0 bridgehead atoms. The van der Waals surface area contributed by atoms with Gasteiger partial charge in [0.1, 0.15) is 0 Å². The van der Waals surface area contributed by atoms with Crippen molar-refractivity contribution in [1.82, 2.24) is 4.90 Å². The summed E-state index contributed by atoms with van der Waals surface area (Å²) in [6.45, 7) is 4.75. The van der Waals surface area contributed by atoms with Crippen LogP contribution in [0.5, 0.6) is 0 Å². The lowest BCUT2D eigenvalue weighted by atomic mass is 9.73. The summed E-state index contributed by atoms with van der Waals surface area (Å²) in [5.74, 6) is 0.622. The van der Waals surface area contributed by atoms with Crippen LogP contribution in [0.3, 0.4) is 0 Å². The lowest BCUT2D eigenvalue weighted by Crippen LogP contribution is -2.51. The molecule has 2 N–H and O–H groups in total. The molecule has 6 heteroatoms. The van der Waals surface area contributed by atoms with E-state index in [1.807, 2.05) is 29.2 Å². The average molecular weight is 373 g/mol. The third kappa shape index (κ3) is 3.57. The van der Waals surface area contributed by atoms with Crippen molar-refractivity contribution in [2.75, 3.05) is 26.3 Å². The predicted octanol–water partition coefficient (Wildman–Crippen LogP) is 3.01. The Bertz CT molecular complexity index is 576. The summed E-state index contributed by atoms with van der Waals surface area (Å²) in [5.41, 5.74) is 6.33. The molecule has 2 aliphatic rings. The number of nitrogens with zero attached hydrogens (tertiary/aromatic N) is 1. The standard InChI is InChI=1S/C18H25ClN2O2.ClH/c1-13-9-14(11-20)12-21(13)17(22)18(5-7-23-8-6-18)15-3-2-4-16(19)10-15;/h2-4,10,13-14H,5-9,11-12,20H2,1H3;1H. The Morgan fingerprint density at radius 1 is 1.42 bits per heavy atom. The van der Waals surface area contributed by atoms with Crippen molar-refractivity contribution < 1.29 is 9.53 Å². The summed E-state index contributed by atoms with van der Waals surface area (Å²) in [5, 5.41) is 0.676. The molecule has 1 amide bonds. The van der Waals surface area contributed by atoms with Crippen molar-refractivity contribution in [2.24, 2.45) is 11.7 Å². The molecule has 0 aliphatic carbocycles. The van der Waals surface area contributed by atoms with Crippen molar-refractivity contribution in [3.8, 4) is 0 Å². The Hall–Kier alpha value is -0.810. The number of hydrogen-bond donors (Lipinski definition) is 1. The van der Waals surface area contributed by atoms with E-state index in [0.717, 1.165) is 18.5 Å². The highest BCUT2D eigenvalue weighted by Gasteiger charge is 2.47. The third-order valence-corrected chi connectivity index (χ3v) is 5.62. The Kier molecular flexibility index (Phi) is 6.54. The number of halogens is 2. The smallest absolute Gasteiger partial charge is 0.233 e. The van der Waals surface area contributed by atoms with Gasteiger partial charge in [-0.15, -0.1) is 12.4 Å². The maximum absolute atomic E-state index is 13.5.